The highest BCUT2D eigenvalue weighted by atomic mass is 32.1. The minimum absolute atomic E-state index is 0.765. The van der Waals surface area contributed by atoms with Crippen LogP contribution in [0.2, 0.25) is 0 Å². The quantitative estimate of drug-likeness (QED) is 0.519. The van der Waals surface area contributed by atoms with Crippen LogP contribution in [-0.4, -0.2) is 37.1 Å². The van der Waals surface area contributed by atoms with E-state index in [9.17, 15) is 0 Å². The third kappa shape index (κ3) is 4.67. The van der Waals surface area contributed by atoms with Crippen LogP contribution in [0.1, 0.15) is 26.7 Å². The first kappa shape index (κ1) is 12.3. The van der Waals surface area contributed by atoms with Gasteiger partial charge in [-0.05, 0) is 18.8 Å². The van der Waals surface area contributed by atoms with Gasteiger partial charge in [-0.15, -0.1) is 0 Å². The Labute approximate surface area is 93.4 Å². The molecule has 84 valence electrons. The van der Waals surface area contributed by atoms with Crippen LogP contribution in [0.25, 0.3) is 0 Å². The van der Waals surface area contributed by atoms with Crippen LogP contribution in [-0.2, 0) is 4.74 Å². The van der Waals surface area contributed by atoms with Crippen molar-refractivity contribution in [3.05, 3.63) is 0 Å². The van der Waals surface area contributed by atoms with Crippen molar-refractivity contribution in [3.8, 4) is 0 Å². The normalized spacial score (nSPS) is 18.9. The molecule has 0 bridgehead atoms. The van der Waals surface area contributed by atoms with Crippen LogP contribution in [0.4, 0.5) is 0 Å². The average molecular weight is 217 g/mol. The second-order valence-corrected chi connectivity index (χ2v) is 4.94. The molecule has 0 radical (unpaired) electrons. The summed E-state index contributed by atoms with van der Waals surface area (Å²) in [6, 6.07) is 0. The minimum atomic E-state index is 0.765. The molecule has 0 spiro atoms. The Balaban J connectivity index is 1.81. The fraction of sp³-hybridized carbons (Fsp3) is 1.00. The maximum Gasteiger partial charge on any atom is 0.0518 e. The van der Waals surface area contributed by atoms with Crippen LogP contribution in [0, 0.1) is 11.8 Å². The molecule has 0 saturated carbocycles. The lowest BCUT2D eigenvalue weighted by molar-refractivity contribution is 0.0231. The topological polar surface area (TPSA) is 12.5 Å². The first-order valence-electron chi connectivity index (χ1n) is 5.63. The monoisotopic (exact) mass is 217 g/mol. The van der Waals surface area contributed by atoms with E-state index in [1.54, 1.807) is 0 Å². The Morgan fingerprint density at radius 2 is 2.14 bits per heavy atom. The van der Waals surface area contributed by atoms with E-state index in [-0.39, 0.29) is 0 Å². The van der Waals surface area contributed by atoms with Crippen molar-refractivity contribution in [2.45, 2.75) is 26.7 Å². The van der Waals surface area contributed by atoms with E-state index >= 15 is 0 Å². The molecule has 0 unspecified atom stereocenters. The number of ether oxygens (including phenoxy) is 1. The Morgan fingerprint density at radius 1 is 1.43 bits per heavy atom. The predicted molar refractivity (Wildman–Crippen MR) is 63.8 cm³/mol. The fourth-order valence-corrected chi connectivity index (χ4v) is 1.97. The summed E-state index contributed by atoms with van der Waals surface area (Å²) in [4.78, 5) is 2.32. The highest BCUT2D eigenvalue weighted by Crippen LogP contribution is 2.15. The predicted octanol–water partition coefficient (Wildman–Crippen LogP) is 2.26. The van der Waals surface area contributed by atoms with Gasteiger partial charge in [0, 0.05) is 31.5 Å². The van der Waals surface area contributed by atoms with Crippen LogP contribution in [0.15, 0.2) is 0 Å². The molecule has 1 aliphatic rings. The van der Waals surface area contributed by atoms with Gasteiger partial charge in [-0.2, -0.15) is 12.6 Å². The van der Waals surface area contributed by atoms with Gasteiger partial charge in [-0.3, -0.25) is 4.90 Å². The number of hydrogen-bond donors (Lipinski definition) is 1. The van der Waals surface area contributed by atoms with E-state index in [0.29, 0.717) is 0 Å². The standard InChI is InChI=1S/C11H23NOS/c1-10(2)4-3-5-13-8-11-6-12(7-11)9-14/h10-11,14H,3-9H2,1-2H3. The Kier molecular flexibility index (Phi) is 5.90. The van der Waals surface area contributed by atoms with Gasteiger partial charge >= 0.3 is 0 Å². The summed E-state index contributed by atoms with van der Waals surface area (Å²) < 4.78 is 5.63. The van der Waals surface area contributed by atoms with Gasteiger partial charge in [0.2, 0.25) is 0 Å². The molecular formula is C11H23NOS. The lowest BCUT2D eigenvalue weighted by Crippen LogP contribution is -2.47. The molecule has 3 heteroatoms. The first-order chi connectivity index (χ1) is 6.72. The lowest BCUT2D eigenvalue weighted by Gasteiger charge is -2.37. The summed E-state index contributed by atoms with van der Waals surface area (Å²) in [7, 11) is 0. The Morgan fingerprint density at radius 3 is 2.71 bits per heavy atom. The second-order valence-electron chi connectivity index (χ2n) is 4.65. The molecule has 0 aromatic carbocycles. The van der Waals surface area contributed by atoms with Gasteiger partial charge in [-0.25, -0.2) is 0 Å². The molecule has 0 aliphatic carbocycles. The van der Waals surface area contributed by atoms with E-state index in [1.165, 1.54) is 25.9 Å². The smallest absolute Gasteiger partial charge is 0.0518 e. The zero-order valence-corrected chi connectivity index (χ0v) is 10.3. The Bertz CT molecular complexity index is 146. The zero-order chi connectivity index (χ0) is 10.4. The van der Waals surface area contributed by atoms with Crippen molar-refractivity contribution >= 4 is 12.6 Å². The number of hydrogen-bond acceptors (Lipinski definition) is 3. The van der Waals surface area contributed by atoms with Gasteiger partial charge in [0.1, 0.15) is 0 Å². The van der Waals surface area contributed by atoms with Crippen molar-refractivity contribution in [2.75, 3.05) is 32.2 Å². The lowest BCUT2D eigenvalue weighted by atomic mass is 10.0. The van der Waals surface area contributed by atoms with Crippen LogP contribution < -0.4 is 0 Å². The SMILES string of the molecule is CC(C)CCCOCC1CN(CS)C1. The van der Waals surface area contributed by atoms with Crippen LogP contribution >= 0.6 is 12.6 Å². The zero-order valence-electron chi connectivity index (χ0n) is 9.41. The van der Waals surface area contributed by atoms with Crippen molar-refractivity contribution in [2.24, 2.45) is 11.8 Å². The van der Waals surface area contributed by atoms with Crippen LogP contribution in [0.3, 0.4) is 0 Å². The Hall–Kier alpha value is 0.270. The first-order valence-corrected chi connectivity index (χ1v) is 6.26. The molecule has 0 aromatic heterocycles. The second kappa shape index (κ2) is 6.70. The summed E-state index contributed by atoms with van der Waals surface area (Å²) >= 11 is 4.22. The van der Waals surface area contributed by atoms with E-state index in [0.717, 1.165) is 30.9 Å². The van der Waals surface area contributed by atoms with Gasteiger partial charge in [0.05, 0.1) is 6.61 Å². The average Bonchev–Trinajstić information content (AvgIpc) is 2.07. The summed E-state index contributed by atoms with van der Waals surface area (Å²) in [5.74, 6) is 2.47. The third-order valence-corrected chi connectivity index (χ3v) is 3.06. The van der Waals surface area contributed by atoms with Crippen molar-refractivity contribution in [1.29, 1.82) is 0 Å². The van der Waals surface area contributed by atoms with Gasteiger partial charge in [-0.1, -0.05) is 13.8 Å². The third-order valence-electron chi connectivity index (χ3n) is 2.66. The maximum atomic E-state index is 5.63. The summed E-state index contributed by atoms with van der Waals surface area (Å²) in [5.41, 5.74) is 0. The molecule has 0 atom stereocenters. The maximum absolute atomic E-state index is 5.63. The highest BCUT2D eigenvalue weighted by molar-refractivity contribution is 7.80. The number of rotatable bonds is 7. The molecule has 1 aliphatic heterocycles. The fourth-order valence-electron chi connectivity index (χ4n) is 1.74. The molecule has 14 heavy (non-hydrogen) atoms. The minimum Gasteiger partial charge on any atom is -0.381 e. The van der Waals surface area contributed by atoms with E-state index in [1.807, 2.05) is 0 Å². The van der Waals surface area contributed by atoms with Crippen LogP contribution in [0.5, 0.6) is 0 Å². The molecular weight excluding hydrogens is 194 g/mol. The summed E-state index contributed by atoms with van der Waals surface area (Å²) in [6.45, 7) is 8.76. The molecule has 1 heterocycles. The number of nitrogens with zero attached hydrogens (tertiary/aromatic N) is 1. The molecule has 0 N–H and O–H groups in total. The molecule has 1 saturated heterocycles. The highest BCUT2D eigenvalue weighted by Gasteiger charge is 2.24. The summed E-state index contributed by atoms with van der Waals surface area (Å²) in [5, 5.41) is 0. The molecule has 0 aromatic rings. The summed E-state index contributed by atoms with van der Waals surface area (Å²) in [6.07, 6.45) is 2.49. The molecule has 1 rings (SSSR count). The molecule has 0 amide bonds. The van der Waals surface area contributed by atoms with E-state index < -0.39 is 0 Å². The van der Waals surface area contributed by atoms with E-state index in [4.69, 9.17) is 4.74 Å². The molecule has 2 nitrogen and oxygen atoms in total. The number of likely N-dealkylation sites (tertiary alicyclic amines) is 1. The van der Waals surface area contributed by atoms with Crippen molar-refractivity contribution in [1.82, 2.24) is 4.90 Å². The largest absolute Gasteiger partial charge is 0.381 e. The van der Waals surface area contributed by atoms with Gasteiger partial charge in [0.25, 0.3) is 0 Å². The van der Waals surface area contributed by atoms with Gasteiger partial charge in [0.15, 0.2) is 0 Å². The van der Waals surface area contributed by atoms with Crippen molar-refractivity contribution < 1.29 is 4.74 Å². The van der Waals surface area contributed by atoms with Crippen molar-refractivity contribution in [3.63, 3.8) is 0 Å². The van der Waals surface area contributed by atoms with E-state index in [2.05, 4.69) is 31.4 Å². The molecule has 1 fully saturated rings. The number of thiol groups is 1. The van der Waals surface area contributed by atoms with Gasteiger partial charge < -0.3 is 4.74 Å².